The molecule has 1 aliphatic carbocycles. The van der Waals surface area contributed by atoms with E-state index < -0.39 is 0 Å². The summed E-state index contributed by atoms with van der Waals surface area (Å²) in [6.07, 6.45) is 3.33. The molecule has 0 aromatic carbocycles. The van der Waals surface area contributed by atoms with E-state index in [-0.39, 0.29) is 11.5 Å². The standard InChI is InChI=1S/C16H34N2O/c1-6-17(7-2)12-9-13-18(8-3)14-10-11-16(4,5)15(14)19/h14-15,19H,6-13H2,1-5H3. The van der Waals surface area contributed by atoms with E-state index in [0.717, 1.165) is 39.0 Å². The van der Waals surface area contributed by atoms with Gasteiger partial charge in [0.1, 0.15) is 0 Å². The Hall–Kier alpha value is -0.120. The highest BCUT2D eigenvalue weighted by Crippen LogP contribution is 2.39. The summed E-state index contributed by atoms with van der Waals surface area (Å²) in [6.45, 7) is 16.7. The predicted octanol–water partition coefficient (Wildman–Crippen LogP) is 2.59. The minimum atomic E-state index is -0.166. The number of hydrogen-bond acceptors (Lipinski definition) is 3. The minimum absolute atomic E-state index is 0.0942. The lowest BCUT2D eigenvalue weighted by atomic mass is 9.88. The third kappa shape index (κ3) is 4.44. The molecule has 2 atom stereocenters. The van der Waals surface area contributed by atoms with E-state index in [1.807, 2.05) is 0 Å². The maximum absolute atomic E-state index is 10.5. The lowest BCUT2D eigenvalue weighted by molar-refractivity contribution is 0.0152. The number of rotatable bonds is 8. The molecular weight excluding hydrogens is 236 g/mol. The van der Waals surface area contributed by atoms with Crippen molar-refractivity contribution in [2.24, 2.45) is 5.41 Å². The molecule has 19 heavy (non-hydrogen) atoms. The SMILES string of the molecule is CCN(CC)CCCN(CC)C1CCC(C)(C)C1O. The van der Waals surface area contributed by atoms with Crippen LogP contribution in [0.1, 0.15) is 53.9 Å². The molecule has 1 saturated carbocycles. The third-order valence-corrected chi connectivity index (χ3v) is 4.94. The molecule has 3 heteroatoms. The van der Waals surface area contributed by atoms with Crippen LogP contribution in [-0.2, 0) is 0 Å². The maximum Gasteiger partial charge on any atom is 0.0746 e. The quantitative estimate of drug-likeness (QED) is 0.734. The molecule has 1 rings (SSSR count). The van der Waals surface area contributed by atoms with Crippen LogP contribution in [0.2, 0.25) is 0 Å². The van der Waals surface area contributed by atoms with Crippen LogP contribution in [0.25, 0.3) is 0 Å². The Bertz CT molecular complexity index is 251. The monoisotopic (exact) mass is 270 g/mol. The molecule has 3 nitrogen and oxygen atoms in total. The molecule has 2 unspecified atom stereocenters. The number of likely N-dealkylation sites (N-methyl/N-ethyl adjacent to an activating group) is 1. The topological polar surface area (TPSA) is 26.7 Å². The average Bonchev–Trinajstić information content (AvgIpc) is 2.66. The largest absolute Gasteiger partial charge is 0.391 e. The van der Waals surface area contributed by atoms with Crippen molar-refractivity contribution in [1.82, 2.24) is 9.80 Å². The molecule has 1 aliphatic rings. The Kier molecular flexibility index (Phi) is 6.78. The zero-order valence-electron chi connectivity index (χ0n) is 13.7. The van der Waals surface area contributed by atoms with E-state index in [0.29, 0.717) is 6.04 Å². The molecule has 0 radical (unpaired) electrons. The van der Waals surface area contributed by atoms with Crippen LogP contribution in [0.4, 0.5) is 0 Å². The van der Waals surface area contributed by atoms with E-state index in [4.69, 9.17) is 0 Å². The van der Waals surface area contributed by atoms with Gasteiger partial charge in [0, 0.05) is 6.04 Å². The van der Waals surface area contributed by atoms with Crippen molar-refractivity contribution >= 4 is 0 Å². The van der Waals surface area contributed by atoms with E-state index in [9.17, 15) is 5.11 Å². The fraction of sp³-hybridized carbons (Fsp3) is 1.00. The van der Waals surface area contributed by atoms with Gasteiger partial charge in [-0.25, -0.2) is 0 Å². The predicted molar refractivity (Wildman–Crippen MR) is 82.5 cm³/mol. The Labute approximate surface area is 120 Å². The van der Waals surface area contributed by atoms with Gasteiger partial charge in [-0.1, -0.05) is 34.6 Å². The first-order chi connectivity index (χ1) is 8.96. The summed E-state index contributed by atoms with van der Waals surface area (Å²) in [5, 5.41) is 10.5. The fourth-order valence-electron chi connectivity index (χ4n) is 3.32. The zero-order valence-corrected chi connectivity index (χ0v) is 13.7. The van der Waals surface area contributed by atoms with Crippen LogP contribution in [0.3, 0.4) is 0 Å². The van der Waals surface area contributed by atoms with Crippen molar-refractivity contribution in [3.8, 4) is 0 Å². The van der Waals surface area contributed by atoms with Crippen LogP contribution in [0.5, 0.6) is 0 Å². The second-order valence-electron chi connectivity index (χ2n) is 6.55. The van der Waals surface area contributed by atoms with Crippen molar-refractivity contribution in [1.29, 1.82) is 0 Å². The summed E-state index contributed by atoms with van der Waals surface area (Å²) in [5.74, 6) is 0. The number of hydrogen-bond donors (Lipinski definition) is 1. The Balaban J connectivity index is 2.42. The molecule has 0 aromatic heterocycles. The summed E-state index contributed by atoms with van der Waals surface area (Å²) in [5.41, 5.74) is 0.0942. The Morgan fingerprint density at radius 2 is 1.68 bits per heavy atom. The van der Waals surface area contributed by atoms with Crippen LogP contribution < -0.4 is 0 Å². The smallest absolute Gasteiger partial charge is 0.0746 e. The molecule has 0 aromatic rings. The molecule has 0 saturated heterocycles. The van der Waals surface area contributed by atoms with Gasteiger partial charge < -0.3 is 10.0 Å². The third-order valence-electron chi connectivity index (χ3n) is 4.94. The van der Waals surface area contributed by atoms with Crippen LogP contribution in [-0.4, -0.2) is 59.8 Å². The van der Waals surface area contributed by atoms with Crippen LogP contribution >= 0.6 is 0 Å². The molecular formula is C16H34N2O. The van der Waals surface area contributed by atoms with E-state index in [2.05, 4.69) is 44.4 Å². The second-order valence-corrected chi connectivity index (χ2v) is 6.55. The molecule has 0 aliphatic heterocycles. The van der Waals surface area contributed by atoms with Crippen molar-refractivity contribution in [2.75, 3.05) is 32.7 Å². The molecule has 0 heterocycles. The van der Waals surface area contributed by atoms with Gasteiger partial charge in [0.2, 0.25) is 0 Å². The van der Waals surface area contributed by atoms with Gasteiger partial charge in [0.25, 0.3) is 0 Å². The van der Waals surface area contributed by atoms with Crippen LogP contribution in [0, 0.1) is 5.41 Å². The number of aliphatic hydroxyl groups is 1. The van der Waals surface area contributed by atoms with Gasteiger partial charge >= 0.3 is 0 Å². The average molecular weight is 270 g/mol. The molecule has 1 fully saturated rings. The first-order valence-electron chi connectivity index (χ1n) is 8.10. The molecule has 114 valence electrons. The zero-order chi connectivity index (χ0) is 14.5. The fourth-order valence-corrected chi connectivity index (χ4v) is 3.32. The summed E-state index contributed by atoms with van der Waals surface area (Å²) in [6, 6.07) is 0.372. The molecule has 0 bridgehead atoms. The van der Waals surface area contributed by atoms with Crippen molar-refractivity contribution in [3.05, 3.63) is 0 Å². The minimum Gasteiger partial charge on any atom is -0.391 e. The van der Waals surface area contributed by atoms with E-state index >= 15 is 0 Å². The molecule has 0 amide bonds. The van der Waals surface area contributed by atoms with Gasteiger partial charge in [0.05, 0.1) is 6.10 Å². The van der Waals surface area contributed by atoms with Gasteiger partial charge in [-0.2, -0.15) is 0 Å². The molecule has 1 N–H and O–H groups in total. The van der Waals surface area contributed by atoms with Gasteiger partial charge in [-0.05, 0) is 57.4 Å². The Morgan fingerprint density at radius 1 is 1.05 bits per heavy atom. The summed E-state index contributed by atoms with van der Waals surface area (Å²) >= 11 is 0. The van der Waals surface area contributed by atoms with Gasteiger partial charge in [-0.15, -0.1) is 0 Å². The maximum atomic E-state index is 10.5. The van der Waals surface area contributed by atoms with Gasteiger partial charge in [0.15, 0.2) is 0 Å². The highest BCUT2D eigenvalue weighted by Gasteiger charge is 2.42. The first-order valence-corrected chi connectivity index (χ1v) is 8.10. The number of nitrogens with zero attached hydrogens (tertiary/aromatic N) is 2. The lowest BCUT2D eigenvalue weighted by Crippen LogP contribution is -2.45. The first kappa shape index (κ1) is 16.9. The highest BCUT2D eigenvalue weighted by atomic mass is 16.3. The van der Waals surface area contributed by atoms with E-state index in [1.165, 1.54) is 13.0 Å². The van der Waals surface area contributed by atoms with Gasteiger partial charge in [-0.3, -0.25) is 4.90 Å². The number of aliphatic hydroxyl groups excluding tert-OH is 1. The Morgan fingerprint density at radius 3 is 2.11 bits per heavy atom. The summed E-state index contributed by atoms with van der Waals surface area (Å²) < 4.78 is 0. The summed E-state index contributed by atoms with van der Waals surface area (Å²) in [7, 11) is 0. The second kappa shape index (κ2) is 7.61. The highest BCUT2D eigenvalue weighted by molar-refractivity contribution is 4.96. The summed E-state index contributed by atoms with van der Waals surface area (Å²) in [4.78, 5) is 4.96. The van der Waals surface area contributed by atoms with Crippen molar-refractivity contribution < 1.29 is 5.11 Å². The van der Waals surface area contributed by atoms with Crippen molar-refractivity contribution in [3.63, 3.8) is 0 Å². The van der Waals surface area contributed by atoms with Crippen molar-refractivity contribution in [2.45, 2.75) is 66.0 Å². The molecule has 0 spiro atoms. The van der Waals surface area contributed by atoms with Crippen LogP contribution in [0.15, 0.2) is 0 Å². The van der Waals surface area contributed by atoms with E-state index in [1.54, 1.807) is 0 Å². The lowest BCUT2D eigenvalue weighted by Gasteiger charge is -2.34. The normalized spacial score (nSPS) is 26.5.